The fourth-order valence-electron chi connectivity index (χ4n) is 2.64. The van der Waals surface area contributed by atoms with E-state index >= 15 is 0 Å². The van der Waals surface area contributed by atoms with E-state index in [1.807, 2.05) is 25.3 Å². The highest BCUT2D eigenvalue weighted by molar-refractivity contribution is 8.00. The molecule has 3 nitrogen and oxygen atoms in total. The van der Waals surface area contributed by atoms with Crippen LogP contribution < -0.4 is 10.1 Å². The molecule has 0 amide bonds. The Morgan fingerprint density at radius 3 is 2.53 bits per heavy atom. The third-order valence-corrected chi connectivity index (χ3v) is 6.38. The van der Waals surface area contributed by atoms with Gasteiger partial charge in [0.1, 0.15) is 17.4 Å². The van der Waals surface area contributed by atoms with Gasteiger partial charge in [-0.05, 0) is 61.0 Å². The molecule has 0 aliphatic carbocycles. The Hall–Kier alpha value is -1.74. The quantitative estimate of drug-likeness (QED) is 0.353. The zero-order valence-electron chi connectivity index (χ0n) is 16.3. The van der Waals surface area contributed by atoms with E-state index in [9.17, 15) is 13.2 Å². The first-order valence-corrected chi connectivity index (χ1v) is 11.1. The fourth-order valence-corrected chi connectivity index (χ4v) is 4.22. The van der Waals surface area contributed by atoms with Crippen LogP contribution in [-0.4, -0.2) is 10.5 Å². The van der Waals surface area contributed by atoms with E-state index in [1.54, 1.807) is 29.5 Å². The van der Waals surface area contributed by atoms with Gasteiger partial charge in [0.05, 0.1) is 6.04 Å². The Kier molecular flexibility index (Phi) is 7.68. The van der Waals surface area contributed by atoms with E-state index in [0.717, 1.165) is 16.1 Å². The molecule has 9 heteroatoms. The van der Waals surface area contributed by atoms with Gasteiger partial charge in [0, 0.05) is 27.5 Å². The predicted molar refractivity (Wildman–Crippen MR) is 116 cm³/mol. The van der Waals surface area contributed by atoms with Gasteiger partial charge in [0.2, 0.25) is 0 Å². The highest BCUT2D eigenvalue weighted by Gasteiger charge is 2.29. The zero-order valence-corrected chi connectivity index (χ0v) is 18.7. The summed E-state index contributed by atoms with van der Waals surface area (Å²) in [5.41, 5.74) is -2.57. The Balaban J connectivity index is 1.52. The van der Waals surface area contributed by atoms with Crippen molar-refractivity contribution in [1.29, 1.82) is 0 Å². The van der Waals surface area contributed by atoms with Crippen molar-refractivity contribution >= 4 is 34.7 Å². The van der Waals surface area contributed by atoms with Crippen LogP contribution in [0.15, 0.2) is 53.6 Å². The second-order valence-electron chi connectivity index (χ2n) is 6.65. The monoisotopic (exact) mass is 472 g/mol. The van der Waals surface area contributed by atoms with Crippen LogP contribution in [0, 0.1) is 6.92 Å². The van der Waals surface area contributed by atoms with Crippen LogP contribution in [0.5, 0.6) is 5.75 Å². The number of halogens is 4. The number of nitrogens with zero attached hydrogens (tertiary/aromatic N) is 1. The second-order valence-corrected chi connectivity index (χ2v) is 9.46. The summed E-state index contributed by atoms with van der Waals surface area (Å²) >= 11 is 7.91. The smallest absolute Gasteiger partial charge is 0.446 e. The van der Waals surface area contributed by atoms with Crippen LogP contribution in [0.25, 0.3) is 0 Å². The van der Waals surface area contributed by atoms with Crippen molar-refractivity contribution in [3.05, 3.63) is 74.7 Å². The number of thioether (sulfide) groups is 1. The number of rotatable bonds is 8. The van der Waals surface area contributed by atoms with Crippen LogP contribution in [0.2, 0.25) is 5.02 Å². The van der Waals surface area contributed by atoms with E-state index in [2.05, 4.69) is 17.2 Å². The standard InChI is InChI=1S/C21H20ClF3N2OS2/c1-13-10-27-20(29-13)14(2)26-11-16-5-6-17(9-19(16)22)28-12-15-3-7-18(8-4-15)30-21(23,24)25/h3-10,14,26H,11-12H2,1-2H3. The van der Waals surface area contributed by atoms with Crippen molar-refractivity contribution in [2.45, 2.75) is 43.4 Å². The van der Waals surface area contributed by atoms with Gasteiger partial charge >= 0.3 is 5.51 Å². The number of nitrogens with one attached hydrogen (secondary N) is 1. The molecule has 0 bridgehead atoms. The first kappa shape index (κ1) is 22.9. The summed E-state index contributed by atoms with van der Waals surface area (Å²) in [6.45, 7) is 4.92. The molecule has 3 rings (SSSR count). The molecule has 0 saturated heterocycles. The molecule has 1 heterocycles. The maximum atomic E-state index is 12.4. The number of benzene rings is 2. The highest BCUT2D eigenvalue weighted by Crippen LogP contribution is 2.36. The van der Waals surface area contributed by atoms with E-state index in [0.29, 0.717) is 17.3 Å². The maximum Gasteiger partial charge on any atom is 0.446 e. The average Bonchev–Trinajstić information content (AvgIpc) is 3.12. The SMILES string of the molecule is Cc1cnc(C(C)NCc2ccc(OCc3ccc(SC(F)(F)F)cc3)cc2Cl)s1. The Bertz CT molecular complexity index is 977. The average molecular weight is 473 g/mol. The van der Waals surface area contributed by atoms with E-state index in [-0.39, 0.29) is 29.3 Å². The van der Waals surface area contributed by atoms with Crippen LogP contribution in [-0.2, 0) is 13.2 Å². The minimum Gasteiger partial charge on any atom is -0.489 e. The summed E-state index contributed by atoms with van der Waals surface area (Å²) in [6.07, 6.45) is 1.86. The lowest BCUT2D eigenvalue weighted by molar-refractivity contribution is -0.0328. The lowest BCUT2D eigenvalue weighted by Gasteiger charge is -2.13. The largest absolute Gasteiger partial charge is 0.489 e. The molecule has 0 radical (unpaired) electrons. The van der Waals surface area contributed by atoms with Crippen molar-refractivity contribution in [3.8, 4) is 5.75 Å². The van der Waals surface area contributed by atoms with Gasteiger partial charge in [-0.25, -0.2) is 4.98 Å². The maximum absolute atomic E-state index is 12.4. The number of aromatic nitrogens is 1. The second kappa shape index (κ2) is 10.0. The van der Waals surface area contributed by atoms with E-state index in [4.69, 9.17) is 16.3 Å². The van der Waals surface area contributed by atoms with Gasteiger partial charge in [-0.2, -0.15) is 13.2 Å². The molecule has 1 aromatic heterocycles. The molecule has 0 spiro atoms. The number of aryl methyl sites for hydroxylation is 1. The van der Waals surface area contributed by atoms with Gasteiger partial charge in [-0.1, -0.05) is 29.8 Å². The molecule has 0 aliphatic rings. The van der Waals surface area contributed by atoms with Gasteiger partial charge in [-0.15, -0.1) is 11.3 Å². The third kappa shape index (κ3) is 6.91. The number of hydrogen-bond acceptors (Lipinski definition) is 5. The van der Waals surface area contributed by atoms with Crippen molar-refractivity contribution in [1.82, 2.24) is 10.3 Å². The number of thiazole rings is 1. The molecule has 160 valence electrons. The molecular weight excluding hydrogens is 453 g/mol. The summed E-state index contributed by atoms with van der Waals surface area (Å²) in [6, 6.07) is 11.7. The Morgan fingerprint density at radius 1 is 1.20 bits per heavy atom. The minimum absolute atomic E-state index is 0.120. The highest BCUT2D eigenvalue weighted by atomic mass is 35.5. The number of alkyl halides is 3. The molecule has 0 aliphatic heterocycles. The van der Waals surface area contributed by atoms with Gasteiger partial charge < -0.3 is 10.1 Å². The molecule has 0 fully saturated rings. The molecule has 1 unspecified atom stereocenters. The van der Waals surface area contributed by atoms with Crippen LogP contribution >= 0.6 is 34.7 Å². The summed E-state index contributed by atoms with van der Waals surface area (Å²) in [4.78, 5) is 5.71. The molecule has 30 heavy (non-hydrogen) atoms. The van der Waals surface area contributed by atoms with Crippen molar-refractivity contribution in [2.75, 3.05) is 0 Å². The van der Waals surface area contributed by atoms with Crippen molar-refractivity contribution in [3.63, 3.8) is 0 Å². The fraction of sp³-hybridized carbons (Fsp3) is 0.286. The molecule has 2 aromatic carbocycles. The topological polar surface area (TPSA) is 34.2 Å². The van der Waals surface area contributed by atoms with E-state index < -0.39 is 5.51 Å². The predicted octanol–water partition coefficient (Wildman–Crippen LogP) is 7.15. The van der Waals surface area contributed by atoms with Crippen molar-refractivity contribution < 1.29 is 17.9 Å². The lowest BCUT2D eigenvalue weighted by atomic mass is 10.2. The van der Waals surface area contributed by atoms with Crippen LogP contribution in [0.4, 0.5) is 13.2 Å². The van der Waals surface area contributed by atoms with Crippen molar-refractivity contribution in [2.24, 2.45) is 0 Å². The Labute approximate surface area is 186 Å². The lowest BCUT2D eigenvalue weighted by Crippen LogP contribution is -2.18. The number of ether oxygens (including phenoxy) is 1. The normalized spacial score (nSPS) is 12.7. The van der Waals surface area contributed by atoms with Gasteiger partial charge in [-0.3, -0.25) is 0 Å². The van der Waals surface area contributed by atoms with Gasteiger partial charge in [0.25, 0.3) is 0 Å². The summed E-state index contributed by atoms with van der Waals surface area (Å²) in [5, 5.41) is 5.02. The molecule has 1 atom stereocenters. The molecule has 1 N–H and O–H groups in total. The Morgan fingerprint density at radius 2 is 1.93 bits per heavy atom. The first-order chi connectivity index (χ1) is 14.2. The third-order valence-electron chi connectivity index (χ3n) is 4.20. The molecule has 0 saturated carbocycles. The minimum atomic E-state index is -4.29. The van der Waals surface area contributed by atoms with Crippen LogP contribution in [0.1, 0.15) is 34.0 Å². The summed E-state index contributed by atoms with van der Waals surface area (Å²) in [5.74, 6) is 0.598. The summed E-state index contributed by atoms with van der Waals surface area (Å²) in [7, 11) is 0. The molecular formula is C21H20ClF3N2OS2. The molecule has 3 aromatic rings. The van der Waals surface area contributed by atoms with Crippen LogP contribution in [0.3, 0.4) is 0 Å². The first-order valence-electron chi connectivity index (χ1n) is 9.11. The number of hydrogen-bond donors (Lipinski definition) is 1. The van der Waals surface area contributed by atoms with E-state index in [1.165, 1.54) is 17.0 Å². The summed E-state index contributed by atoms with van der Waals surface area (Å²) < 4.78 is 42.9. The van der Waals surface area contributed by atoms with Gasteiger partial charge in [0.15, 0.2) is 0 Å². The zero-order chi connectivity index (χ0) is 21.7.